The summed E-state index contributed by atoms with van der Waals surface area (Å²) in [6.07, 6.45) is 6.48. The van der Waals surface area contributed by atoms with Gasteiger partial charge in [-0.15, -0.1) is 0 Å². The fraction of sp³-hybridized carbons (Fsp3) is 0.611. The van der Waals surface area contributed by atoms with Gasteiger partial charge in [0.25, 0.3) is 0 Å². The minimum absolute atomic E-state index is 0.0540. The van der Waals surface area contributed by atoms with Crippen molar-refractivity contribution in [1.82, 2.24) is 20.1 Å². The summed E-state index contributed by atoms with van der Waals surface area (Å²) in [6, 6.07) is 3.89. The number of nitrogens with zero attached hydrogens (tertiary/aromatic N) is 3. The number of carbonyl (C=O) groups is 2. The van der Waals surface area contributed by atoms with Crippen molar-refractivity contribution in [1.29, 1.82) is 0 Å². The molecule has 24 heavy (non-hydrogen) atoms. The Bertz CT molecular complexity index is 555. The molecule has 2 rings (SSSR count). The molecule has 1 aromatic heterocycles. The van der Waals surface area contributed by atoms with E-state index in [1.165, 1.54) is 0 Å². The number of pyridine rings is 1. The van der Waals surface area contributed by atoms with Gasteiger partial charge in [-0.05, 0) is 64.0 Å². The Kier molecular flexibility index (Phi) is 6.31. The first kappa shape index (κ1) is 18.4. The van der Waals surface area contributed by atoms with Crippen LogP contribution >= 0.6 is 0 Å². The van der Waals surface area contributed by atoms with Gasteiger partial charge in [-0.3, -0.25) is 14.6 Å². The molecule has 1 saturated carbocycles. The maximum atomic E-state index is 12.7. The summed E-state index contributed by atoms with van der Waals surface area (Å²) >= 11 is 0. The van der Waals surface area contributed by atoms with Crippen LogP contribution in [0.2, 0.25) is 0 Å². The molecule has 6 nitrogen and oxygen atoms in total. The molecule has 0 saturated heterocycles. The fourth-order valence-electron chi connectivity index (χ4n) is 2.74. The summed E-state index contributed by atoms with van der Waals surface area (Å²) in [5.74, 6) is -0.163. The summed E-state index contributed by atoms with van der Waals surface area (Å²) in [6.45, 7) is 2.15. The van der Waals surface area contributed by atoms with Gasteiger partial charge in [0, 0.05) is 32.5 Å². The second kappa shape index (κ2) is 8.24. The Labute approximate surface area is 144 Å². The molecular formula is C18H28N4O2. The lowest BCUT2D eigenvalue weighted by molar-refractivity contribution is -0.143. The van der Waals surface area contributed by atoms with Crippen LogP contribution in [0.1, 0.15) is 24.8 Å². The van der Waals surface area contributed by atoms with E-state index in [1.807, 2.05) is 26.2 Å². The number of nitrogens with one attached hydrogen (secondary N) is 1. The number of hydrogen-bond donors (Lipinski definition) is 1. The van der Waals surface area contributed by atoms with Crippen molar-refractivity contribution in [2.75, 3.05) is 40.8 Å². The first-order valence-corrected chi connectivity index (χ1v) is 8.53. The van der Waals surface area contributed by atoms with E-state index in [4.69, 9.17) is 0 Å². The Balaban J connectivity index is 1.80. The lowest BCUT2D eigenvalue weighted by atomic mass is 10.0. The van der Waals surface area contributed by atoms with Gasteiger partial charge in [-0.25, -0.2) is 0 Å². The number of likely N-dealkylation sites (N-methyl/N-ethyl adjacent to an activating group) is 1. The van der Waals surface area contributed by atoms with Crippen LogP contribution in [0, 0.1) is 5.41 Å². The van der Waals surface area contributed by atoms with Gasteiger partial charge in [0.2, 0.25) is 11.8 Å². The Morgan fingerprint density at radius 2 is 1.83 bits per heavy atom. The Hall–Kier alpha value is -1.95. The van der Waals surface area contributed by atoms with Crippen LogP contribution < -0.4 is 5.32 Å². The monoisotopic (exact) mass is 332 g/mol. The van der Waals surface area contributed by atoms with Gasteiger partial charge in [0.1, 0.15) is 5.41 Å². The summed E-state index contributed by atoms with van der Waals surface area (Å²) < 4.78 is 0. The molecule has 0 bridgehead atoms. The van der Waals surface area contributed by atoms with Crippen LogP contribution in [0.3, 0.4) is 0 Å². The quantitative estimate of drug-likeness (QED) is 0.540. The second-order valence-electron chi connectivity index (χ2n) is 6.83. The highest BCUT2D eigenvalue weighted by Gasteiger charge is 2.57. The van der Waals surface area contributed by atoms with Crippen LogP contribution in [-0.2, 0) is 16.0 Å². The van der Waals surface area contributed by atoms with Crippen LogP contribution in [0.15, 0.2) is 24.5 Å². The molecule has 6 heteroatoms. The van der Waals surface area contributed by atoms with Gasteiger partial charge in [-0.2, -0.15) is 0 Å². The van der Waals surface area contributed by atoms with Crippen molar-refractivity contribution in [2.24, 2.45) is 5.41 Å². The molecule has 1 heterocycles. The van der Waals surface area contributed by atoms with Crippen LogP contribution in [0.25, 0.3) is 0 Å². The molecule has 0 aliphatic heterocycles. The predicted molar refractivity (Wildman–Crippen MR) is 93.4 cm³/mol. The van der Waals surface area contributed by atoms with Crippen LogP contribution in [-0.4, -0.2) is 67.4 Å². The molecular weight excluding hydrogens is 304 g/mol. The second-order valence-corrected chi connectivity index (χ2v) is 6.83. The summed E-state index contributed by atoms with van der Waals surface area (Å²) in [4.78, 5) is 32.8. The van der Waals surface area contributed by atoms with Gasteiger partial charge >= 0.3 is 0 Å². The van der Waals surface area contributed by atoms with E-state index in [9.17, 15) is 9.59 Å². The molecule has 0 atom stereocenters. The molecule has 1 aliphatic rings. The molecule has 0 unspecified atom stereocenters. The smallest absolute Gasteiger partial charge is 0.238 e. The minimum atomic E-state index is -0.814. The number of aromatic nitrogens is 1. The first-order chi connectivity index (χ1) is 11.5. The molecule has 0 radical (unpaired) electrons. The van der Waals surface area contributed by atoms with Crippen molar-refractivity contribution in [3.05, 3.63) is 30.1 Å². The molecule has 1 fully saturated rings. The fourth-order valence-corrected chi connectivity index (χ4v) is 2.74. The molecule has 2 amide bonds. The van der Waals surface area contributed by atoms with Gasteiger partial charge in [-0.1, -0.05) is 0 Å². The third-order valence-electron chi connectivity index (χ3n) is 4.49. The standard InChI is InChI=1S/C18H28N4O2/c1-21(2)13-4-10-20-16(23)18(8-9-18)17(24)22(3)14-7-15-5-11-19-12-6-15/h5-6,11-12H,4,7-10,13-14H2,1-3H3,(H,20,23). The third kappa shape index (κ3) is 4.77. The lowest BCUT2D eigenvalue weighted by Crippen LogP contribution is -2.44. The number of rotatable bonds is 9. The Morgan fingerprint density at radius 3 is 2.42 bits per heavy atom. The van der Waals surface area contributed by atoms with E-state index in [2.05, 4.69) is 15.2 Å². The minimum Gasteiger partial charge on any atom is -0.355 e. The van der Waals surface area contributed by atoms with Crippen molar-refractivity contribution in [3.8, 4) is 0 Å². The topological polar surface area (TPSA) is 65.5 Å². The van der Waals surface area contributed by atoms with Crippen molar-refractivity contribution in [2.45, 2.75) is 25.7 Å². The number of amides is 2. The summed E-state index contributed by atoms with van der Waals surface area (Å²) in [7, 11) is 5.79. The predicted octanol–water partition coefficient (Wildman–Crippen LogP) is 0.931. The summed E-state index contributed by atoms with van der Waals surface area (Å²) in [5.41, 5.74) is 0.327. The average molecular weight is 332 g/mol. The number of hydrogen-bond acceptors (Lipinski definition) is 4. The van der Waals surface area contributed by atoms with E-state index in [0.29, 0.717) is 25.9 Å². The molecule has 1 aromatic rings. The Morgan fingerprint density at radius 1 is 1.17 bits per heavy atom. The maximum absolute atomic E-state index is 12.7. The molecule has 0 aromatic carbocycles. The number of carbonyl (C=O) groups excluding carboxylic acids is 2. The zero-order valence-corrected chi connectivity index (χ0v) is 14.9. The van der Waals surface area contributed by atoms with E-state index in [1.54, 1.807) is 24.3 Å². The highest BCUT2D eigenvalue weighted by molar-refractivity contribution is 6.07. The first-order valence-electron chi connectivity index (χ1n) is 8.53. The highest BCUT2D eigenvalue weighted by atomic mass is 16.2. The maximum Gasteiger partial charge on any atom is 0.238 e. The van der Waals surface area contributed by atoms with Crippen molar-refractivity contribution in [3.63, 3.8) is 0 Å². The van der Waals surface area contributed by atoms with Crippen LogP contribution in [0.5, 0.6) is 0 Å². The van der Waals surface area contributed by atoms with Crippen molar-refractivity contribution >= 4 is 11.8 Å². The van der Waals surface area contributed by atoms with E-state index in [-0.39, 0.29) is 11.8 Å². The van der Waals surface area contributed by atoms with Crippen molar-refractivity contribution < 1.29 is 9.59 Å². The summed E-state index contributed by atoms with van der Waals surface area (Å²) in [5, 5.41) is 2.93. The SMILES string of the molecule is CN(C)CCCNC(=O)C1(C(=O)N(C)CCc2ccncc2)CC1. The molecule has 132 valence electrons. The van der Waals surface area contributed by atoms with E-state index in [0.717, 1.165) is 24.9 Å². The van der Waals surface area contributed by atoms with Gasteiger partial charge in [0.15, 0.2) is 0 Å². The molecule has 0 spiro atoms. The third-order valence-corrected chi connectivity index (χ3v) is 4.49. The average Bonchev–Trinajstić information content (AvgIpc) is 3.38. The zero-order valence-electron chi connectivity index (χ0n) is 14.9. The van der Waals surface area contributed by atoms with Gasteiger partial charge in [0.05, 0.1) is 0 Å². The van der Waals surface area contributed by atoms with Crippen LogP contribution in [0.4, 0.5) is 0 Å². The van der Waals surface area contributed by atoms with Gasteiger partial charge < -0.3 is 15.1 Å². The van der Waals surface area contributed by atoms with E-state index < -0.39 is 5.41 Å². The molecule has 1 N–H and O–H groups in total. The zero-order chi connectivity index (χ0) is 17.6. The largest absolute Gasteiger partial charge is 0.355 e. The normalized spacial score (nSPS) is 15.2. The van der Waals surface area contributed by atoms with E-state index >= 15 is 0 Å². The molecule has 1 aliphatic carbocycles. The highest BCUT2D eigenvalue weighted by Crippen LogP contribution is 2.47. The lowest BCUT2D eigenvalue weighted by Gasteiger charge is -2.23.